The zero-order valence-corrected chi connectivity index (χ0v) is 12.2. The van der Waals surface area contributed by atoms with Crippen LogP contribution >= 0.6 is 24.8 Å². The Kier molecular flexibility index (Phi) is 10.5. The molecular weight excluding hydrogens is 294 g/mol. The van der Waals surface area contributed by atoms with Crippen molar-refractivity contribution in [3.05, 3.63) is 45.8 Å². The maximum absolute atomic E-state index is 3.78. The van der Waals surface area contributed by atoms with Gasteiger partial charge in [-0.25, -0.2) is 0 Å². The molecule has 0 unspecified atom stereocenters. The monoisotopic (exact) mass is 307 g/mol. The molecule has 0 amide bonds. The minimum absolute atomic E-state index is 0. The molecule has 0 aromatic heterocycles. The van der Waals surface area contributed by atoms with Crippen LogP contribution in [-0.2, 0) is 24.7 Å². The molecule has 0 spiro atoms. The minimum atomic E-state index is 0. The van der Waals surface area contributed by atoms with Gasteiger partial charge in [-0.3, -0.25) is 0 Å². The van der Waals surface area contributed by atoms with Gasteiger partial charge in [-0.1, -0.05) is 0 Å². The largest absolute Gasteiger partial charge is 0.147 e. The Balaban J connectivity index is 0. The van der Waals surface area contributed by atoms with Crippen molar-refractivity contribution < 1.29 is 24.7 Å². The molecule has 0 saturated heterocycles. The predicted octanol–water partition coefficient (Wildman–Crippen LogP) is 4.11. The molecule has 0 saturated carbocycles. The van der Waals surface area contributed by atoms with Crippen molar-refractivity contribution in [2.24, 2.45) is 0 Å². The summed E-state index contributed by atoms with van der Waals surface area (Å²) in [5, 5.41) is 0. The van der Waals surface area contributed by atoms with Gasteiger partial charge in [0.05, 0.1) is 0 Å². The fourth-order valence-electron chi connectivity index (χ4n) is 1.43. The quantitative estimate of drug-likeness (QED) is 0.686. The van der Waals surface area contributed by atoms with Crippen molar-refractivity contribution in [1.82, 2.24) is 0 Å². The molecule has 3 heteroatoms. The summed E-state index contributed by atoms with van der Waals surface area (Å²) in [5.41, 5.74) is 2.99. The van der Waals surface area contributed by atoms with E-state index in [0.29, 0.717) is 0 Å². The molecule has 77 valence electrons. The van der Waals surface area contributed by atoms with Crippen molar-refractivity contribution in [2.75, 3.05) is 0 Å². The summed E-state index contributed by atoms with van der Waals surface area (Å²) >= 11 is 1.55. The number of allylic oxidation sites excluding steroid dienone is 6. The molecule has 0 heterocycles. The summed E-state index contributed by atoms with van der Waals surface area (Å²) < 4.78 is 1.58. The van der Waals surface area contributed by atoms with Crippen molar-refractivity contribution in [2.45, 2.75) is 19.3 Å². The SMILES string of the molecule is C=CCC1=CC[C]([Zr])=C1CC=C.Cl.Cl. The third-order valence-corrected chi connectivity index (χ3v) is 3.26. The summed E-state index contributed by atoms with van der Waals surface area (Å²) in [5.74, 6) is 0. The van der Waals surface area contributed by atoms with Gasteiger partial charge in [0.25, 0.3) is 0 Å². The van der Waals surface area contributed by atoms with Crippen molar-refractivity contribution in [3.63, 3.8) is 0 Å². The number of rotatable bonds is 4. The average Bonchev–Trinajstić information content (AvgIpc) is 2.37. The first kappa shape index (κ1) is 16.8. The molecule has 0 nitrogen and oxygen atoms in total. The topological polar surface area (TPSA) is 0 Å². The number of halogens is 2. The van der Waals surface area contributed by atoms with Gasteiger partial charge in [-0.05, 0) is 0 Å². The van der Waals surface area contributed by atoms with Crippen LogP contribution < -0.4 is 0 Å². The van der Waals surface area contributed by atoms with E-state index >= 15 is 0 Å². The Hall–Kier alpha value is 0.423. The molecule has 0 radical (unpaired) electrons. The maximum atomic E-state index is 3.78. The molecule has 0 aromatic carbocycles. The van der Waals surface area contributed by atoms with Gasteiger partial charge in [0.2, 0.25) is 0 Å². The van der Waals surface area contributed by atoms with Gasteiger partial charge in [0, 0.05) is 0 Å². The van der Waals surface area contributed by atoms with E-state index in [9.17, 15) is 0 Å². The van der Waals surface area contributed by atoms with Gasteiger partial charge >= 0.3 is 89.8 Å². The van der Waals surface area contributed by atoms with Crippen LogP contribution in [-0.4, -0.2) is 0 Å². The molecule has 0 bridgehead atoms. The van der Waals surface area contributed by atoms with Crippen molar-refractivity contribution in [1.29, 1.82) is 0 Å². The van der Waals surface area contributed by atoms with Crippen LogP contribution in [0.3, 0.4) is 0 Å². The molecule has 1 aliphatic carbocycles. The van der Waals surface area contributed by atoms with E-state index in [-0.39, 0.29) is 24.8 Å². The second-order valence-corrected chi connectivity index (χ2v) is 4.36. The summed E-state index contributed by atoms with van der Waals surface area (Å²) in [7, 11) is 0. The fourth-order valence-corrected chi connectivity index (χ4v) is 2.32. The second kappa shape index (κ2) is 8.71. The summed E-state index contributed by atoms with van der Waals surface area (Å²) in [4.78, 5) is 0. The van der Waals surface area contributed by atoms with Crippen LogP contribution in [0, 0.1) is 0 Å². The van der Waals surface area contributed by atoms with Gasteiger partial charge in [-0.15, -0.1) is 24.8 Å². The van der Waals surface area contributed by atoms with E-state index < -0.39 is 0 Å². The molecule has 1 rings (SSSR count). The summed E-state index contributed by atoms with van der Waals surface area (Å²) in [6, 6.07) is 0. The minimum Gasteiger partial charge on any atom is -0.147 e. The van der Waals surface area contributed by atoms with E-state index in [1.165, 1.54) is 11.1 Å². The Labute approximate surface area is 114 Å². The molecular formula is C11H15Cl2Zr. The van der Waals surface area contributed by atoms with Crippen molar-refractivity contribution in [3.8, 4) is 0 Å². The Morgan fingerprint density at radius 2 is 1.79 bits per heavy atom. The van der Waals surface area contributed by atoms with Crippen LogP contribution in [0.25, 0.3) is 0 Å². The van der Waals surface area contributed by atoms with Crippen LogP contribution in [0.4, 0.5) is 0 Å². The first-order valence-electron chi connectivity index (χ1n) is 4.14. The third kappa shape index (κ3) is 4.30. The summed E-state index contributed by atoms with van der Waals surface area (Å²) in [6.07, 6.45) is 9.49. The van der Waals surface area contributed by atoms with Crippen LogP contribution in [0.2, 0.25) is 0 Å². The molecule has 0 aliphatic heterocycles. The van der Waals surface area contributed by atoms with E-state index in [2.05, 4.69) is 19.2 Å². The first-order valence-corrected chi connectivity index (χ1v) is 5.37. The van der Waals surface area contributed by atoms with Gasteiger partial charge in [0.15, 0.2) is 0 Å². The zero-order chi connectivity index (χ0) is 8.97. The Morgan fingerprint density at radius 1 is 1.21 bits per heavy atom. The fraction of sp³-hybridized carbons (Fsp3) is 0.273. The molecule has 14 heavy (non-hydrogen) atoms. The van der Waals surface area contributed by atoms with E-state index in [0.717, 1.165) is 19.3 Å². The molecule has 1 aliphatic rings. The Bertz CT molecular complexity index is 264. The first-order chi connectivity index (χ1) is 5.79. The smallest absolute Gasteiger partial charge is 0.147 e. The predicted molar refractivity (Wildman–Crippen MR) is 63.9 cm³/mol. The van der Waals surface area contributed by atoms with E-state index in [1.807, 2.05) is 12.2 Å². The number of hydrogen-bond acceptors (Lipinski definition) is 0. The van der Waals surface area contributed by atoms with E-state index in [1.54, 1.807) is 28.0 Å². The zero-order valence-electron chi connectivity index (χ0n) is 8.08. The normalized spacial score (nSPS) is 13.8. The van der Waals surface area contributed by atoms with Crippen LogP contribution in [0.15, 0.2) is 45.8 Å². The molecule has 0 aromatic rings. The van der Waals surface area contributed by atoms with Gasteiger partial charge < -0.3 is 0 Å². The third-order valence-electron chi connectivity index (χ3n) is 2.02. The van der Waals surface area contributed by atoms with Crippen LogP contribution in [0.1, 0.15) is 19.3 Å². The van der Waals surface area contributed by atoms with Gasteiger partial charge in [0.1, 0.15) is 0 Å². The summed E-state index contributed by atoms with van der Waals surface area (Å²) in [6.45, 7) is 7.54. The number of hydrogen-bond donors (Lipinski definition) is 0. The van der Waals surface area contributed by atoms with Crippen LogP contribution in [0.5, 0.6) is 0 Å². The van der Waals surface area contributed by atoms with Gasteiger partial charge in [-0.2, -0.15) is 0 Å². The Morgan fingerprint density at radius 3 is 2.29 bits per heavy atom. The molecule has 0 fully saturated rings. The second-order valence-electron chi connectivity index (χ2n) is 2.88. The van der Waals surface area contributed by atoms with E-state index in [4.69, 9.17) is 0 Å². The maximum Gasteiger partial charge on any atom is -0.147 e. The molecule has 0 N–H and O–H groups in total. The van der Waals surface area contributed by atoms with Crippen molar-refractivity contribution >= 4 is 24.8 Å². The standard InChI is InChI=1S/C11H13.2ClH.Zr/c1-3-6-10-8-5-9-11(10)7-4-2;;;/h3-4,8H,1-2,5-7H2;2*1H;. The average molecular weight is 309 g/mol. The molecule has 0 atom stereocenters.